The molecule has 1 rings (SSSR count). The molecule has 1 aromatic rings. The van der Waals surface area contributed by atoms with Crippen molar-refractivity contribution in [1.29, 1.82) is 0 Å². The summed E-state index contributed by atoms with van der Waals surface area (Å²) in [5.41, 5.74) is 5.95. The number of carbonyl (C=O) groups is 1. The minimum atomic E-state index is -0.149. The molecule has 20 heavy (non-hydrogen) atoms. The van der Waals surface area contributed by atoms with E-state index in [4.69, 9.17) is 10.2 Å². The van der Waals surface area contributed by atoms with E-state index in [1.807, 2.05) is 51.9 Å². The standard InChI is InChI=1S/C15H27N3O2/c1-15(2,3)13(16)9-14(19)17-10-11(18(4)5)12-7-6-8-20-12/h6-8,11,13H,9-10,16H2,1-5H3,(H,17,19). The Hall–Kier alpha value is -1.33. The number of likely N-dealkylation sites (N-methyl/N-ethyl adjacent to an activating group) is 1. The summed E-state index contributed by atoms with van der Waals surface area (Å²) >= 11 is 0. The quantitative estimate of drug-likeness (QED) is 0.833. The first-order valence-electron chi connectivity index (χ1n) is 6.94. The molecule has 2 atom stereocenters. The molecule has 0 aliphatic carbocycles. The highest BCUT2D eigenvalue weighted by atomic mass is 16.3. The lowest BCUT2D eigenvalue weighted by Crippen LogP contribution is -2.42. The molecule has 5 heteroatoms. The van der Waals surface area contributed by atoms with E-state index in [1.165, 1.54) is 0 Å². The predicted octanol–water partition coefficient (Wildman–Crippen LogP) is 1.76. The van der Waals surface area contributed by atoms with Crippen LogP contribution in [-0.4, -0.2) is 37.5 Å². The summed E-state index contributed by atoms with van der Waals surface area (Å²) in [6, 6.07) is 3.64. The van der Waals surface area contributed by atoms with Crippen molar-refractivity contribution in [2.45, 2.75) is 39.3 Å². The molecule has 1 amide bonds. The highest BCUT2D eigenvalue weighted by Gasteiger charge is 2.24. The van der Waals surface area contributed by atoms with Crippen LogP contribution in [0.15, 0.2) is 22.8 Å². The average molecular weight is 281 g/mol. The van der Waals surface area contributed by atoms with Gasteiger partial charge in [0.15, 0.2) is 0 Å². The van der Waals surface area contributed by atoms with Gasteiger partial charge in [0.05, 0.1) is 12.3 Å². The van der Waals surface area contributed by atoms with Crippen LogP contribution in [0.1, 0.15) is 39.0 Å². The highest BCUT2D eigenvalue weighted by Crippen LogP contribution is 2.20. The van der Waals surface area contributed by atoms with Crippen LogP contribution in [-0.2, 0) is 4.79 Å². The van der Waals surface area contributed by atoms with E-state index in [9.17, 15) is 4.79 Å². The Labute approximate surface area is 121 Å². The lowest BCUT2D eigenvalue weighted by molar-refractivity contribution is -0.122. The third-order valence-electron chi connectivity index (χ3n) is 3.51. The Morgan fingerprint density at radius 1 is 1.45 bits per heavy atom. The highest BCUT2D eigenvalue weighted by molar-refractivity contribution is 5.76. The third kappa shape index (κ3) is 4.98. The molecule has 114 valence electrons. The van der Waals surface area contributed by atoms with Gasteiger partial charge in [-0.1, -0.05) is 20.8 Å². The smallest absolute Gasteiger partial charge is 0.221 e. The number of hydrogen-bond donors (Lipinski definition) is 2. The summed E-state index contributed by atoms with van der Waals surface area (Å²) in [5, 5.41) is 2.93. The zero-order valence-corrected chi connectivity index (χ0v) is 13.1. The average Bonchev–Trinajstić information content (AvgIpc) is 2.81. The second-order valence-electron chi connectivity index (χ2n) is 6.48. The molecule has 0 fully saturated rings. The molecule has 0 aliphatic heterocycles. The molecule has 0 bridgehead atoms. The van der Waals surface area contributed by atoms with Crippen molar-refractivity contribution >= 4 is 5.91 Å². The van der Waals surface area contributed by atoms with Crippen LogP contribution in [0.2, 0.25) is 0 Å². The number of hydrogen-bond acceptors (Lipinski definition) is 4. The van der Waals surface area contributed by atoms with Crippen LogP contribution < -0.4 is 11.1 Å². The van der Waals surface area contributed by atoms with Crippen molar-refractivity contribution in [3.05, 3.63) is 24.2 Å². The predicted molar refractivity (Wildman–Crippen MR) is 80.2 cm³/mol. The van der Waals surface area contributed by atoms with Gasteiger partial charge < -0.3 is 15.5 Å². The maximum absolute atomic E-state index is 12.0. The van der Waals surface area contributed by atoms with Crippen molar-refractivity contribution in [2.24, 2.45) is 11.1 Å². The Morgan fingerprint density at radius 3 is 2.55 bits per heavy atom. The first kappa shape index (κ1) is 16.7. The zero-order valence-electron chi connectivity index (χ0n) is 13.1. The molecule has 1 heterocycles. The normalized spacial score (nSPS) is 15.2. The van der Waals surface area contributed by atoms with Gasteiger partial charge in [-0.15, -0.1) is 0 Å². The van der Waals surface area contributed by atoms with Crippen molar-refractivity contribution in [3.8, 4) is 0 Å². The van der Waals surface area contributed by atoms with E-state index in [1.54, 1.807) is 6.26 Å². The van der Waals surface area contributed by atoms with Crippen molar-refractivity contribution < 1.29 is 9.21 Å². The van der Waals surface area contributed by atoms with Crippen molar-refractivity contribution in [2.75, 3.05) is 20.6 Å². The van der Waals surface area contributed by atoms with Crippen LogP contribution in [0.4, 0.5) is 0 Å². The number of furan rings is 1. The van der Waals surface area contributed by atoms with Gasteiger partial charge in [-0.3, -0.25) is 9.69 Å². The summed E-state index contributed by atoms with van der Waals surface area (Å²) in [6.45, 7) is 6.62. The van der Waals surface area contributed by atoms with Crippen LogP contribution in [0.5, 0.6) is 0 Å². The van der Waals surface area contributed by atoms with Crippen LogP contribution in [0.25, 0.3) is 0 Å². The number of rotatable bonds is 6. The van der Waals surface area contributed by atoms with Gasteiger partial charge >= 0.3 is 0 Å². The molecule has 0 saturated carbocycles. The minimum absolute atomic E-state index is 0.0224. The molecule has 2 unspecified atom stereocenters. The molecule has 0 spiro atoms. The molecule has 0 aromatic carbocycles. The van der Waals surface area contributed by atoms with Gasteiger partial charge in [-0.25, -0.2) is 0 Å². The largest absolute Gasteiger partial charge is 0.468 e. The fraction of sp³-hybridized carbons (Fsp3) is 0.667. The Kier molecular flexibility index (Phi) is 5.77. The SMILES string of the molecule is CN(C)C(CNC(=O)CC(N)C(C)(C)C)c1ccco1. The molecular weight excluding hydrogens is 254 g/mol. The fourth-order valence-corrected chi connectivity index (χ4v) is 1.81. The Bertz CT molecular complexity index is 407. The zero-order chi connectivity index (χ0) is 15.3. The van der Waals surface area contributed by atoms with Gasteiger partial charge in [0.1, 0.15) is 5.76 Å². The van der Waals surface area contributed by atoms with Crippen molar-refractivity contribution in [1.82, 2.24) is 10.2 Å². The summed E-state index contributed by atoms with van der Waals surface area (Å²) in [4.78, 5) is 14.0. The second kappa shape index (κ2) is 6.90. The maximum Gasteiger partial charge on any atom is 0.221 e. The molecule has 0 saturated heterocycles. The number of amides is 1. The summed E-state index contributed by atoms with van der Waals surface area (Å²) < 4.78 is 5.41. The Morgan fingerprint density at radius 2 is 2.10 bits per heavy atom. The first-order valence-corrected chi connectivity index (χ1v) is 6.94. The summed E-state index contributed by atoms with van der Waals surface area (Å²) in [5.74, 6) is 0.821. The van der Waals surface area contributed by atoms with Gasteiger partial charge in [0.2, 0.25) is 5.91 Å². The van der Waals surface area contributed by atoms with E-state index in [-0.39, 0.29) is 23.4 Å². The van der Waals surface area contributed by atoms with Gasteiger partial charge in [0, 0.05) is 19.0 Å². The molecule has 1 aromatic heterocycles. The van der Waals surface area contributed by atoms with Crippen LogP contribution in [0, 0.1) is 5.41 Å². The van der Waals surface area contributed by atoms with Crippen LogP contribution >= 0.6 is 0 Å². The van der Waals surface area contributed by atoms with Gasteiger partial charge in [-0.05, 0) is 31.6 Å². The minimum Gasteiger partial charge on any atom is -0.468 e. The molecule has 0 aliphatic rings. The van der Waals surface area contributed by atoms with Gasteiger partial charge in [0.25, 0.3) is 0 Å². The van der Waals surface area contributed by atoms with Crippen molar-refractivity contribution in [3.63, 3.8) is 0 Å². The van der Waals surface area contributed by atoms with Gasteiger partial charge in [-0.2, -0.15) is 0 Å². The number of nitrogens with two attached hydrogens (primary N) is 1. The number of carbonyl (C=O) groups excluding carboxylic acids is 1. The van der Waals surface area contributed by atoms with E-state index in [0.717, 1.165) is 5.76 Å². The number of nitrogens with zero attached hydrogens (tertiary/aromatic N) is 1. The maximum atomic E-state index is 12.0. The van der Waals surface area contributed by atoms with Crippen LogP contribution in [0.3, 0.4) is 0 Å². The summed E-state index contributed by atoms with van der Waals surface area (Å²) in [7, 11) is 3.92. The first-order chi connectivity index (χ1) is 9.21. The van der Waals surface area contributed by atoms with E-state index in [2.05, 4.69) is 5.32 Å². The summed E-state index contributed by atoms with van der Waals surface area (Å²) in [6.07, 6.45) is 1.98. The molecular formula is C15H27N3O2. The van der Waals surface area contributed by atoms with E-state index < -0.39 is 0 Å². The van der Waals surface area contributed by atoms with E-state index in [0.29, 0.717) is 13.0 Å². The fourth-order valence-electron chi connectivity index (χ4n) is 1.81. The Balaban J connectivity index is 2.50. The topological polar surface area (TPSA) is 71.5 Å². The lowest BCUT2D eigenvalue weighted by atomic mass is 9.85. The third-order valence-corrected chi connectivity index (χ3v) is 3.51. The molecule has 3 N–H and O–H groups in total. The second-order valence-corrected chi connectivity index (χ2v) is 6.48. The van der Waals surface area contributed by atoms with E-state index >= 15 is 0 Å². The molecule has 0 radical (unpaired) electrons. The monoisotopic (exact) mass is 281 g/mol. The lowest BCUT2D eigenvalue weighted by Gasteiger charge is -2.27. The molecule has 5 nitrogen and oxygen atoms in total. The number of nitrogens with one attached hydrogen (secondary N) is 1.